The molecule has 0 bridgehead atoms. The van der Waals surface area contributed by atoms with Gasteiger partial charge in [-0.05, 0) is 12.1 Å². The van der Waals surface area contributed by atoms with Gasteiger partial charge in [0.25, 0.3) is 0 Å². The highest BCUT2D eigenvalue weighted by Gasteiger charge is 2.09. The molecule has 1 aromatic carbocycles. The minimum absolute atomic E-state index is 0.284. The lowest BCUT2D eigenvalue weighted by molar-refractivity contribution is 0.629. The van der Waals surface area contributed by atoms with E-state index >= 15 is 0 Å². The quantitative estimate of drug-likeness (QED) is 0.774. The molecule has 3 aromatic rings. The molecule has 2 heterocycles. The lowest BCUT2D eigenvalue weighted by Crippen LogP contribution is -2.08. The van der Waals surface area contributed by atoms with E-state index in [0.29, 0.717) is 18.0 Å². The van der Waals surface area contributed by atoms with E-state index in [0.717, 1.165) is 11.2 Å². The average Bonchev–Trinajstić information content (AvgIpc) is 2.91. The fraction of sp³-hybridized carbons (Fsp3) is 0.250. The summed E-state index contributed by atoms with van der Waals surface area (Å²) in [5, 5.41) is 10.9. The number of rotatable bonds is 3. The molecule has 0 aliphatic heterocycles. The van der Waals surface area contributed by atoms with Gasteiger partial charge in [-0.25, -0.2) is 9.37 Å². The number of anilines is 1. The van der Waals surface area contributed by atoms with E-state index in [1.807, 2.05) is 18.7 Å². The number of imidazole rings is 1. The van der Waals surface area contributed by atoms with Gasteiger partial charge in [-0.3, -0.25) is 4.68 Å². The first-order chi connectivity index (χ1) is 9.15. The van der Waals surface area contributed by atoms with Gasteiger partial charge in [-0.2, -0.15) is 0 Å². The molecule has 0 saturated heterocycles. The largest absolute Gasteiger partial charge is 0.350 e. The normalized spacial score (nSPS) is 11.1. The molecule has 0 unspecified atom stereocenters. The van der Waals surface area contributed by atoms with Gasteiger partial charge in [0.05, 0.1) is 29.5 Å². The third-order valence-corrected chi connectivity index (χ3v) is 3.08. The first kappa shape index (κ1) is 11.6. The third-order valence-electron chi connectivity index (χ3n) is 3.08. The van der Waals surface area contributed by atoms with Crippen LogP contribution in [0.15, 0.2) is 24.4 Å². The van der Waals surface area contributed by atoms with Crippen molar-refractivity contribution in [3.63, 3.8) is 0 Å². The van der Waals surface area contributed by atoms with Crippen LogP contribution in [0, 0.1) is 5.82 Å². The number of hydrogen-bond donors (Lipinski definition) is 1. The first-order valence-corrected chi connectivity index (χ1v) is 5.84. The van der Waals surface area contributed by atoms with E-state index in [4.69, 9.17) is 0 Å². The summed E-state index contributed by atoms with van der Waals surface area (Å²) in [5.74, 6) is 0.398. The van der Waals surface area contributed by atoms with Crippen molar-refractivity contribution in [1.29, 1.82) is 0 Å². The van der Waals surface area contributed by atoms with Gasteiger partial charge in [0.15, 0.2) is 0 Å². The predicted octanol–water partition coefficient (Wildman–Crippen LogP) is 1.45. The fourth-order valence-corrected chi connectivity index (χ4v) is 1.97. The van der Waals surface area contributed by atoms with Crippen molar-refractivity contribution in [3.05, 3.63) is 35.9 Å². The number of benzene rings is 1. The number of nitrogens with one attached hydrogen (secondary N) is 1. The molecule has 0 aliphatic rings. The summed E-state index contributed by atoms with van der Waals surface area (Å²) >= 11 is 0. The minimum atomic E-state index is -0.284. The molecule has 19 heavy (non-hydrogen) atoms. The van der Waals surface area contributed by atoms with Gasteiger partial charge in [0, 0.05) is 20.2 Å². The zero-order valence-electron chi connectivity index (χ0n) is 10.6. The topological polar surface area (TPSA) is 60.6 Å². The van der Waals surface area contributed by atoms with E-state index in [1.54, 1.807) is 16.9 Å². The molecule has 0 radical (unpaired) electrons. The van der Waals surface area contributed by atoms with Crippen LogP contribution in [-0.2, 0) is 20.6 Å². The Bertz CT molecular complexity index is 729. The highest BCUT2D eigenvalue weighted by Crippen LogP contribution is 2.19. The van der Waals surface area contributed by atoms with E-state index in [9.17, 15) is 4.39 Å². The van der Waals surface area contributed by atoms with Crippen LogP contribution >= 0.6 is 0 Å². The molecular formula is C12H13FN6. The van der Waals surface area contributed by atoms with Crippen LogP contribution in [0.2, 0.25) is 0 Å². The molecule has 0 fully saturated rings. The van der Waals surface area contributed by atoms with Crippen LogP contribution in [0.4, 0.5) is 10.3 Å². The van der Waals surface area contributed by atoms with Crippen LogP contribution in [0.1, 0.15) is 5.69 Å². The summed E-state index contributed by atoms with van der Waals surface area (Å²) in [6, 6.07) is 4.57. The molecule has 6 nitrogen and oxygen atoms in total. The maximum absolute atomic E-state index is 13.2. The number of nitrogens with zero attached hydrogens (tertiary/aromatic N) is 5. The molecule has 2 aromatic heterocycles. The molecule has 0 atom stereocenters. The SMILES string of the molecule is Cn1nncc1CNc1nc2cc(F)ccc2n1C. The molecule has 0 aliphatic carbocycles. The van der Waals surface area contributed by atoms with Gasteiger partial charge in [-0.15, -0.1) is 5.10 Å². The second-order valence-electron chi connectivity index (χ2n) is 4.33. The Morgan fingerprint density at radius 2 is 2.16 bits per heavy atom. The first-order valence-electron chi connectivity index (χ1n) is 5.84. The summed E-state index contributed by atoms with van der Waals surface area (Å²) in [7, 11) is 3.71. The van der Waals surface area contributed by atoms with E-state index in [1.165, 1.54) is 12.1 Å². The Hall–Kier alpha value is -2.44. The summed E-state index contributed by atoms with van der Waals surface area (Å²) in [6.45, 7) is 0.559. The number of fused-ring (bicyclic) bond motifs is 1. The maximum Gasteiger partial charge on any atom is 0.203 e. The van der Waals surface area contributed by atoms with Crippen molar-refractivity contribution >= 4 is 17.0 Å². The Morgan fingerprint density at radius 1 is 1.32 bits per heavy atom. The van der Waals surface area contributed by atoms with Crippen LogP contribution < -0.4 is 5.32 Å². The number of hydrogen-bond acceptors (Lipinski definition) is 4. The van der Waals surface area contributed by atoms with E-state index < -0.39 is 0 Å². The molecule has 0 spiro atoms. The van der Waals surface area contributed by atoms with Gasteiger partial charge >= 0.3 is 0 Å². The smallest absolute Gasteiger partial charge is 0.203 e. The molecule has 0 saturated carbocycles. The lowest BCUT2D eigenvalue weighted by Gasteiger charge is -2.05. The maximum atomic E-state index is 13.2. The van der Waals surface area contributed by atoms with Crippen molar-refractivity contribution < 1.29 is 4.39 Å². The van der Waals surface area contributed by atoms with Crippen molar-refractivity contribution in [2.45, 2.75) is 6.54 Å². The van der Waals surface area contributed by atoms with Crippen LogP contribution in [0.25, 0.3) is 11.0 Å². The second kappa shape index (κ2) is 4.34. The second-order valence-corrected chi connectivity index (χ2v) is 4.33. The van der Waals surface area contributed by atoms with Gasteiger partial charge < -0.3 is 9.88 Å². The van der Waals surface area contributed by atoms with Gasteiger partial charge in [0.1, 0.15) is 5.82 Å². The molecule has 1 N–H and O–H groups in total. The molecule has 0 amide bonds. The van der Waals surface area contributed by atoms with Crippen LogP contribution in [0.5, 0.6) is 0 Å². The van der Waals surface area contributed by atoms with Crippen molar-refractivity contribution in [2.75, 3.05) is 5.32 Å². The fourth-order valence-electron chi connectivity index (χ4n) is 1.97. The molecule has 3 rings (SSSR count). The van der Waals surface area contributed by atoms with Crippen molar-refractivity contribution in [3.8, 4) is 0 Å². The molecule has 98 valence electrons. The summed E-state index contributed by atoms with van der Waals surface area (Å²) in [5.41, 5.74) is 2.46. The summed E-state index contributed by atoms with van der Waals surface area (Å²) in [6.07, 6.45) is 1.69. The van der Waals surface area contributed by atoms with E-state index in [-0.39, 0.29) is 5.82 Å². The Balaban J connectivity index is 1.89. The zero-order valence-corrected chi connectivity index (χ0v) is 10.6. The van der Waals surface area contributed by atoms with Gasteiger partial charge in [-0.1, -0.05) is 5.21 Å². The minimum Gasteiger partial charge on any atom is -0.350 e. The predicted molar refractivity (Wildman–Crippen MR) is 69.0 cm³/mol. The number of aryl methyl sites for hydroxylation is 2. The van der Waals surface area contributed by atoms with E-state index in [2.05, 4.69) is 20.6 Å². The standard InChI is InChI=1S/C12H13FN6/c1-18-11-4-3-8(13)5-10(11)16-12(18)14-6-9-7-15-17-19(9)2/h3-5,7H,6H2,1-2H3,(H,14,16). The Morgan fingerprint density at radius 3 is 2.89 bits per heavy atom. The van der Waals surface area contributed by atoms with Crippen LogP contribution in [0.3, 0.4) is 0 Å². The van der Waals surface area contributed by atoms with Crippen molar-refractivity contribution in [1.82, 2.24) is 24.5 Å². The molecule has 7 heteroatoms. The van der Waals surface area contributed by atoms with Crippen molar-refractivity contribution in [2.24, 2.45) is 14.1 Å². The summed E-state index contributed by atoms with van der Waals surface area (Å²) in [4.78, 5) is 4.36. The number of halogens is 1. The summed E-state index contributed by atoms with van der Waals surface area (Å²) < 4.78 is 16.7. The highest BCUT2D eigenvalue weighted by molar-refractivity contribution is 5.78. The average molecular weight is 260 g/mol. The Kier molecular flexibility index (Phi) is 2.66. The number of aromatic nitrogens is 5. The lowest BCUT2D eigenvalue weighted by atomic mass is 10.3. The Labute approximate surface area is 108 Å². The zero-order chi connectivity index (χ0) is 13.4. The highest BCUT2D eigenvalue weighted by atomic mass is 19.1. The molecular weight excluding hydrogens is 247 g/mol. The van der Waals surface area contributed by atoms with Gasteiger partial charge in [0.2, 0.25) is 5.95 Å². The van der Waals surface area contributed by atoms with Crippen LogP contribution in [-0.4, -0.2) is 24.5 Å². The third kappa shape index (κ3) is 2.03. The monoisotopic (exact) mass is 260 g/mol.